The lowest BCUT2D eigenvalue weighted by Crippen LogP contribution is -2.11. The van der Waals surface area contributed by atoms with Gasteiger partial charge >= 0.3 is 0 Å². The van der Waals surface area contributed by atoms with E-state index in [0.717, 1.165) is 11.1 Å². The van der Waals surface area contributed by atoms with Crippen LogP contribution in [0.3, 0.4) is 0 Å². The molecule has 0 aliphatic rings. The predicted molar refractivity (Wildman–Crippen MR) is 57.2 cm³/mol. The van der Waals surface area contributed by atoms with Crippen molar-refractivity contribution >= 4 is 20.0 Å². The molecule has 63 valence electrons. The molecule has 1 aromatic rings. The quantitative estimate of drug-likeness (QED) is 0.495. The molecule has 0 saturated heterocycles. The molecule has 1 nitrogen and oxygen atoms in total. The summed E-state index contributed by atoms with van der Waals surface area (Å²) in [6, 6.07) is 7.93. The van der Waals surface area contributed by atoms with Gasteiger partial charge in [0.15, 0.2) is 5.75 Å². The first-order valence-corrected chi connectivity index (χ1v) is 6.57. The average Bonchev–Trinajstić information content (AvgIpc) is 2.03. The van der Waals surface area contributed by atoms with Crippen molar-refractivity contribution in [2.45, 2.75) is 0 Å². The SMILES string of the molecule is [B-][P+](C)(C)c1ccccc1OC. The first-order chi connectivity index (χ1) is 5.55. The van der Waals surface area contributed by atoms with Gasteiger partial charge in [0.2, 0.25) is 0 Å². The van der Waals surface area contributed by atoms with Gasteiger partial charge in [-0.05, 0) is 12.1 Å². The van der Waals surface area contributed by atoms with Crippen LogP contribution in [0, 0.1) is 0 Å². The molecule has 12 heavy (non-hydrogen) atoms. The average molecular weight is 179 g/mol. The molecule has 0 amide bonds. The van der Waals surface area contributed by atoms with E-state index in [9.17, 15) is 0 Å². The van der Waals surface area contributed by atoms with Gasteiger partial charge in [-0.3, -0.25) is 7.57 Å². The second-order valence-electron chi connectivity index (χ2n) is 3.21. The zero-order valence-electron chi connectivity index (χ0n) is 7.74. The van der Waals surface area contributed by atoms with E-state index < -0.39 is 7.14 Å². The zero-order valence-corrected chi connectivity index (χ0v) is 8.64. The summed E-state index contributed by atoms with van der Waals surface area (Å²) >= 11 is 0. The molecule has 0 fully saturated rings. The van der Waals surface area contributed by atoms with E-state index in [0.29, 0.717) is 0 Å². The molecular formula is C9H13BOP. The van der Waals surface area contributed by atoms with Gasteiger partial charge in [-0.1, -0.05) is 12.1 Å². The van der Waals surface area contributed by atoms with Crippen LogP contribution in [0.2, 0.25) is 0 Å². The molecular weight excluding hydrogens is 166 g/mol. The molecule has 0 saturated carbocycles. The van der Waals surface area contributed by atoms with Crippen LogP contribution in [0.25, 0.3) is 0 Å². The van der Waals surface area contributed by atoms with E-state index in [1.807, 2.05) is 24.3 Å². The smallest absolute Gasteiger partial charge is 0.156 e. The third kappa shape index (κ3) is 2.01. The van der Waals surface area contributed by atoms with Crippen molar-refractivity contribution in [3.8, 4) is 5.75 Å². The highest BCUT2D eigenvalue weighted by atomic mass is 31.2. The molecule has 0 unspecified atom stereocenters. The summed E-state index contributed by atoms with van der Waals surface area (Å²) in [4.78, 5) is 0. The van der Waals surface area contributed by atoms with Crippen LogP contribution in [0.1, 0.15) is 0 Å². The van der Waals surface area contributed by atoms with Gasteiger partial charge in [0.05, 0.1) is 12.4 Å². The summed E-state index contributed by atoms with van der Waals surface area (Å²) < 4.78 is 5.22. The van der Waals surface area contributed by atoms with Crippen molar-refractivity contribution < 1.29 is 4.74 Å². The maximum Gasteiger partial charge on any atom is 0.156 e. The number of hydrogen-bond donors (Lipinski definition) is 0. The van der Waals surface area contributed by atoms with Gasteiger partial charge in [-0.15, -0.1) is 0 Å². The molecule has 3 heteroatoms. The third-order valence-corrected chi connectivity index (χ3v) is 3.32. The summed E-state index contributed by atoms with van der Waals surface area (Å²) in [5.41, 5.74) is 0. The minimum Gasteiger partial charge on any atom is -0.493 e. The fourth-order valence-electron chi connectivity index (χ4n) is 1.11. The van der Waals surface area contributed by atoms with Crippen LogP contribution in [-0.4, -0.2) is 28.0 Å². The van der Waals surface area contributed by atoms with Crippen LogP contribution in [0.15, 0.2) is 24.3 Å². The van der Waals surface area contributed by atoms with Gasteiger partial charge in [-0.25, -0.2) is 7.14 Å². The molecule has 0 bridgehead atoms. The molecule has 0 aliphatic heterocycles. The van der Waals surface area contributed by atoms with Gasteiger partial charge in [0, 0.05) is 13.3 Å². The fourth-order valence-corrected chi connectivity index (χ4v) is 2.31. The van der Waals surface area contributed by atoms with Crippen molar-refractivity contribution in [2.24, 2.45) is 0 Å². The predicted octanol–water partition coefficient (Wildman–Crippen LogP) is 1.68. The number of methoxy groups -OCH3 is 1. The molecule has 0 heterocycles. The molecule has 1 aromatic carbocycles. The molecule has 3 radical (unpaired) electrons. The van der Waals surface area contributed by atoms with E-state index in [2.05, 4.69) is 13.3 Å². The Morgan fingerprint density at radius 1 is 1.25 bits per heavy atom. The highest BCUT2D eigenvalue weighted by Crippen LogP contribution is 2.46. The number of ether oxygens (including phenoxy) is 1. The van der Waals surface area contributed by atoms with E-state index in [-0.39, 0.29) is 0 Å². The van der Waals surface area contributed by atoms with Crippen molar-refractivity contribution in [2.75, 3.05) is 20.4 Å². The van der Waals surface area contributed by atoms with Crippen molar-refractivity contribution in [3.63, 3.8) is 0 Å². The highest BCUT2D eigenvalue weighted by molar-refractivity contribution is 8.02. The Kier molecular flexibility index (Phi) is 2.79. The summed E-state index contributed by atoms with van der Waals surface area (Å²) in [6.07, 6.45) is 0. The maximum atomic E-state index is 6.06. The normalized spacial score (nSPS) is 11.3. The third-order valence-electron chi connectivity index (χ3n) is 1.71. The standard InChI is InChI=1S/C9H13BOP/c1-11-8-6-4-5-7-9(8)12(2,3)10/h4-7H,1-3H3. The summed E-state index contributed by atoms with van der Waals surface area (Å²) in [7, 11) is 6.29. The first-order valence-electron chi connectivity index (χ1n) is 3.82. The van der Waals surface area contributed by atoms with Gasteiger partial charge in [-0.2, -0.15) is 0 Å². The lowest BCUT2D eigenvalue weighted by atomic mass is 10.3. The number of rotatable bonds is 2. The summed E-state index contributed by atoms with van der Waals surface area (Å²) in [5.74, 6) is 0.901. The fraction of sp³-hybridized carbons (Fsp3) is 0.333. The Morgan fingerprint density at radius 3 is 2.25 bits per heavy atom. The van der Waals surface area contributed by atoms with E-state index in [4.69, 9.17) is 12.3 Å². The van der Waals surface area contributed by atoms with Gasteiger partial charge < -0.3 is 4.74 Å². The molecule has 1 rings (SSSR count). The molecule has 0 aromatic heterocycles. The number of hydrogen-bond acceptors (Lipinski definition) is 1. The molecule has 0 spiro atoms. The van der Waals surface area contributed by atoms with Gasteiger partial charge in [0.25, 0.3) is 0 Å². The maximum absolute atomic E-state index is 6.06. The number of benzene rings is 1. The Morgan fingerprint density at radius 2 is 1.83 bits per heavy atom. The molecule has 0 N–H and O–H groups in total. The topological polar surface area (TPSA) is 9.23 Å². The summed E-state index contributed by atoms with van der Waals surface area (Å²) in [6.45, 7) is 4.15. The van der Waals surface area contributed by atoms with Crippen LogP contribution in [0.5, 0.6) is 5.75 Å². The lowest BCUT2D eigenvalue weighted by Gasteiger charge is -2.27. The minimum atomic E-state index is -1.45. The van der Waals surface area contributed by atoms with E-state index in [1.54, 1.807) is 7.11 Å². The number of para-hydroxylation sites is 1. The molecule has 0 aliphatic carbocycles. The largest absolute Gasteiger partial charge is 0.493 e. The van der Waals surface area contributed by atoms with Crippen molar-refractivity contribution in [1.29, 1.82) is 0 Å². The summed E-state index contributed by atoms with van der Waals surface area (Å²) in [5, 5.41) is 1.15. The zero-order chi connectivity index (χ0) is 9.19. The van der Waals surface area contributed by atoms with Crippen LogP contribution in [0.4, 0.5) is 0 Å². The second-order valence-corrected chi connectivity index (χ2v) is 6.77. The van der Waals surface area contributed by atoms with Crippen LogP contribution >= 0.6 is 7.14 Å². The highest BCUT2D eigenvalue weighted by Gasteiger charge is 2.13. The van der Waals surface area contributed by atoms with Crippen LogP contribution in [-0.2, 0) is 0 Å². The Hall–Kier alpha value is -0.485. The van der Waals surface area contributed by atoms with E-state index >= 15 is 0 Å². The Labute approximate surface area is 75.8 Å². The minimum absolute atomic E-state index is 0.901. The van der Waals surface area contributed by atoms with E-state index in [1.165, 1.54) is 0 Å². The second kappa shape index (κ2) is 3.49. The lowest BCUT2D eigenvalue weighted by molar-refractivity contribution is 0.418. The van der Waals surface area contributed by atoms with Crippen molar-refractivity contribution in [1.82, 2.24) is 0 Å². The monoisotopic (exact) mass is 179 g/mol. The Bertz CT molecular complexity index is 267. The van der Waals surface area contributed by atoms with Crippen molar-refractivity contribution in [3.05, 3.63) is 24.3 Å². The van der Waals surface area contributed by atoms with Gasteiger partial charge in [0.1, 0.15) is 0 Å². The first kappa shape index (κ1) is 9.60. The molecule has 0 atom stereocenters. The van der Waals surface area contributed by atoms with Crippen LogP contribution < -0.4 is 10.0 Å². The Balaban J connectivity index is 3.14.